The average molecular weight is 285 g/mol. The molecular formula is C11H14Li2NO3PS. The molecule has 0 radical (unpaired) electrons. The van der Waals surface area contributed by atoms with Crippen LogP contribution in [0.2, 0.25) is 0 Å². The second-order valence-electron chi connectivity index (χ2n) is 4.06. The number of carboxylic acids is 1. The van der Waals surface area contributed by atoms with Crippen molar-refractivity contribution in [3.8, 4) is 0 Å². The molecule has 1 rings (SSSR count). The van der Waals surface area contributed by atoms with Crippen LogP contribution in [0, 0.1) is 5.92 Å². The van der Waals surface area contributed by atoms with Gasteiger partial charge in [0.05, 0.1) is 12.0 Å². The van der Waals surface area contributed by atoms with Crippen molar-refractivity contribution >= 4 is 29.5 Å². The van der Waals surface area contributed by atoms with Crippen LogP contribution in [0.5, 0.6) is 0 Å². The number of nitrogens with one attached hydrogen (secondary N) is 1. The van der Waals surface area contributed by atoms with E-state index in [1.165, 1.54) is 0 Å². The van der Waals surface area contributed by atoms with E-state index in [9.17, 15) is 14.8 Å². The number of carbonyl (C=O) groups excluding carboxylic acids is 1. The zero-order valence-corrected chi connectivity index (χ0v) is 13.3. The minimum absolute atomic E-state index is 0. The van der Waals surface area contributed by atoms with Gasteiger partial charge in [-0.1, -0.05) is 56.0 Å². The largest absolute Gasteiger partial charge is 1.00 e. The zero-order chi connectivity index (χ0) is 13.1. The monoisotopic (exact) mass is 285 g/mol. The molecule has 0 aliphatic carbocycles. The summed E-state index contributed by atoms with van der Waals surface area (Å²) in [5.41, 5.74) is 0. The Kier molecular flexibility index (Phi) is 10.8. The standard InChI is InChI=1S/C11H16NO3PS.2Li/c1-8(2)10(11(13)14)12-16(15,17)9-6-4-3-5-7-9;;/h3-8,10H,1-2H3,(H,13,14)(H2,12,15,17);;/q;2*+1/p-2/t10-,16?;;/m0../s1. The molecule has 1 N–H and O–H groups in total. The van der Waals surface area contributed by atoms with Gasteiger partial charge in [0.25, 0.3) is 0 Å². The van der Waals surface area contributed by atoms with Gasteiger partial charge in [0.15, 0.2) is 0 Å². The molecule has 1 aromatic rings. The summed E-state index contributed by atoms with van der Waals surface area (Å²) >= 11 is 4.98. The fourth-order valence-corrected chi connectivity index (χ4v) is 3.55. The third-order valence-corrected chi connectivity index (χ3v) is 4.87. The molecule has 4 nitrogen and oxygen atoms in total. The second-order valence-corrected chi connectivity index (χ2v) is 7.48. The molecule has 0 saturated heterocycles. The SMILES string of the molecule is CC(C)[C@H](NP([O-])(=S)c1ccccc1)C(=O)[O-].[Li+].[Li+]. The Morgan fingerprint density at radius 1 is 1.26 bits per heavy atom. The molecule has 2 atom stereocenters. The number of hydrogen-bond donors (Lipinski definition) is 1. The van der Waals surface area contributed by atoms with Crippen LogP contribution < -0.4 is 58.1 Å². The Balaban J connectivity index is 0. The quantitative estimate of drug-likeness (QED) is 0.430. The number of carboxylic acid groups (broad SMARTS) is 1. The predicted octanol–water partition coefficient (Wildman–Crippen LogP) is -6.65. The van der Waals surface area contributed by atoms with Crippen LogP contribution in [0.25, 0.3) is 0 Å². The third-order valence-electron chi connectivity index (χ3n) is 2.33. The van der Waals surface area contributed by atoms with E-state index in [0.717, 1.165) is 0 Å². The van der Waals surface area contributed by atoms with Gasteiger partial charge in [-0.05, 0) is 17.6 Å². The normalized spacial score (nSPS) is 14.7. The molecule has 0 aromatic heterocycles. The minimum atomic E-state index is -3.30. The molecule has 19 heavy (non-hydrogen) atoms. The Bertz CT molecular complexity index is 445. The first-order chi connectivity index (χ1) is 7.84. The van der Waals surface area contributed by atoms with Crippen molar-refractivity contribution in [2.45, 2.75) is 19.9 Å². The molecule has 0 aliphatic rings. The van der Waals surface area contributed by atoms with Crippen molar-refractivity contribution in [3.63, 3.8) is 0 Å². The Morgan fingerprint density at radius 2 is 1.74 bits per heavy atom. The van der Waals surface area contributed by atoms with E-state index in [2.05, 4.69) is 5.09 Å². The van der Waals surface area contributed by atoms with Crippen molar-refractivity contribution in [1.29, 1.82) is 0 Å². The number of benzene rings is 1. The van der Waals surface area contributed by atoms with Gasteiger partial charge >= 0.3 is 37.7 Å². The summed E-state index contributed by atoms with van der Waals surface area (Å²) in [5, 5.41) is 13.9. The van der Waals surface area contributed by atoms with Crippen LogP contribution in [0.4, 0.5) is 0 Å². The predicted molar refractivity (Wildman–Crippen MR) is 67.1 cm³/mol. The van der Waals surface area contributed by atoms with Crippen LogP contribution in [-0.4, -0.2) is 12.0 Å². The van der Waals surface area contributed by atoms with E-state index in [4.69, 9.17) is 11.8 Å². The van der Waals surface area contributed by atoms with Crippen molar-refractivity contribution < 1.29 is 52.5 Å². The van der Waals surface area contributed by atoms with Gasteiger partial charge in [0, 0.05) is 0 Å². The second kappa shape index (κ2) is 9.40. The maximum absolute atomic E-state index is 12.2. The summed E-state index contributed by atoms with van der Waals surface area (Å²) in [6.45, 7) is 3.40. The number of aliphatic carboxylic acids is 1. The van der Waals surface area contributed by atoms with Crippen molar-refractivity contribution in [3.05, 3.63) is 30.3 Å². The third kappa shape index (κ3) is 6.63. The molecular weight excluding hydrogens is 271 g/mol. The van der Waals surface area contributed by atoms with E-state index >= 15 is 0 Å². The van der Waals surface area contributed by atoms with Gasteiger partial charge in [-0.15, -0.1) is 0 Å². The van der Waals surface area contributed by atoms with Crippen LogP contribution in [0.15, 0.2) is 30.3 Å². The number of carbonyl (C=O) groups is 1. The molecule has 1 aromatic carbocycles. The first kappa shape index (κ1) is 21.7. The zero-order valence-electron chi connectivity index (χ0n) is 11.6. The van der Waals surface area contributed by atoms with Crippen molar-refractivity contribution in [2.75, 3.05) is 0 Å². The molecule has 0 amide bonds. The van der Waals surface area contributed by atoms with Crippen LogP contribution >= 0.6 is 6.42 Å². The van der Waals surface area contributed by atoms with Gasteiger partial charge in [-0.2, -0.15) is 0 Å². The summed E-state index contributed by atoms with van der Waals surface area (Å²) in [6, 6.07) is 7.41. The molecule has 8 heteroatoms. The Labute approximate surface area is 142 Å². The molecule has 0 saturated carbocycles. The average Bonchev–Trinajstić information content (AvgIpc) is 2.26. The Morgan fingerprint density at radius 3 is 2.11 bits per heavy atom. The topological polar surface area (TPSA) is 75.2 Å². The molecule has 94 valence electrons. The fourth-order valence-electron chi connectivity index (χ4n) is 1.36. The fraction of sp³-hybridized carbons (Fsp3) is 0.364. The van der Waals surface area contributed by atoms with Crippen molar-refractivity contribution in [1.82, 2.24) is 5.09 Å². The molecule has 0 heterocycles. The molecule has 1 unspecified atom stereocenters. The Hall–Kier alpha value is 0.455. The first-order valence-corrected chi connectivity index (χ1v) is 7.92. The van der Waals surface area contributed by atoms with Crippen LogP contribution in [-0.2, 0) is 16.6 Å². The number of rotatable bonds is 5. The maximum Gasteiger partial charge on any atom is 1.00 e. The maximum atomic E-state index is 12.2. The summed E-state index contributed by atoms with van der Waals surface area (Å²) in [6.07, 6.45) is -3.30. The van der Waals surface area contributed by atoms with Crippen LogP contribution in [0.1, 0.15) is 13.8 Å². The first-order valence-electron chi connectivity index (χ1n) is 5.20. The van der Waals surface area contributed by atoms with Gasteiger partial charge in [0.2, 0.25) is 0 Å². The summed E-state index contributed by atoms with van der Waals surface area (Å²) in [5.74, 6) is -1.54. The van der Waals surface area contributed by atoms with Gasteiger partial charge in [0.1, 0.15) is 0 Å². The number of hydrogen-bond acceptors (Lipinski definition) is 4. The van der Waals surface area contributed by atoms with Crippen molar-refractivity contribution in [2.24, 2.45) is 5.92 Å². The molecule has 0 aliphatic heterocycles. The minimum Gasteiger partial charge on any atom is -0.807 e. The smallest absolute Gasteiger partial charge is 0.807 e. The summed E-state index contributed by atoms with van der Waals surface area (Å²) in [4.78, 5) is 23.2. The van der Waals surface area contributed by atoms with Gasteiger partial charge in [-0.25, -0.2) is 0 Å². The van der Waals surface area contributed by atoms with Gasteiger partial charge < -0.3 is 14.8 Å². The van der Waals surface area contributed by atoms with E-state index in [0.29, 0.717) is 5.30 Å². The molecule has 0 spiro atoms. The molecule has 0 fully saturated rings. The van der Waals surface area contributed by atoms with E-state index in [-0.39, 0.29) is 43.6 Å². The van der Waals surface area contributed by atoms with E-state index in [1.54, 1.807) is 44.2 Å². The van der Waals surface area contributed by atoms with E-state index in [1.807, 2.05) is 0 Å². The van der Waals surface area contributed by atoms with E-state index < -0.39 is 18.4 Å². The molecule has 0 bridgehead atoms. The van der Waals surface area contributed by atoms with Gasteiger partial charge in [-0.3, -0.25) is 5.09 Å². The summed E-state index contributed by atoms with van der Waals surface area (Å²) in [7, 11) is 0. The van der Waals surface area contributed by atoms with Crippen LogP contribution in [0.3, 0.4) is 0 Å². The summed E-state index contributed by atoms with van der Waals surface area (Å²) < 4.78 is 0.